The van der Waals surface area contributed by atoms with E-state index in [0.717, 1.165) is 19.3 Å². The molecule has 1 aromatic carbocycles. The maximum absolute atomic E-state index is 12.5. The molecule has 1 aliphatic rings. The molecule has 5 nitrogen and oxygen atoms in total. The first-order valence-corrected chi connectivity index (χ1v) is 8.32. The van der Waals surface area contributed by atoms with Crippen molar-refractivity contribution in [1.29, 1.82) is 0 Å². The van der Waals surface area contributed by atoms with Gasteiger partial charge in [0, 0.05) is 13.1 Å². The lowest BCUT2D eigenvalue weighted by atomic mass is 10.2. The number of hydrogen-bond acceptors (Lipinski definition) is 4. The molecule has 0 bridgehead atoms. The molecule has 0 aliphatic carbocycles. The van der Waals surface area contributed by atoms with Gasteiger partial charge in [0.1, 0.15) is 5.15 Å². The van der Waals surface area contributed by atoms with Crippen molar-refractivity contribution in [2.24, 2.45) is 0 Å². The summed E-state index contributed by atoms with van der Waals surface area (Å²) in [5.41, 5.74) is 1.13. The summed E-state index contributed by atoms with van der Waals surface area (Å²) in [5.74, 6) is 0. The quantitative estimate of drug-likeness (QED) is 0.854. The molecule has 1 aliphatic heterocycles. The van der Waals surface area contributed by atoms with Gasteiger partial charge in [-0.05, 0) is 31.0 Å². The maximum Gasteiger partial charge on any atom is 0.243 e. The van der Waals surface area contributed by atoms with E-state index in [1.54, 1.807) is 22.5 Å². The lowest BCUT2D eigenvalue weighted by molar-refractivity contribution is 0.346. The zero-order valence-corrected chi connectivity index (χ0v) is 12.4. The molecule has 2 aromatic rings. The van der Waals surface area contributed by atoms with Gasteiger partial charge in [-0.25, -0.2) is 13.4 Å². The Morgan fingerprint density at radius 3 is 2.60 bits per heavy atom. The average Bonchev–Trinajstić information content (AvgIpc) is 2.47. The maximum atomic E-state index is 12.5. The molecule has 0 amide bonds. The van der Waals surface area contributed by atoms with Gasteiger partial charge < -0.3 is 0 Å². The van der Waals surface area contributed by atoms with E-state index in [9.17, 15) is 8.42 Å². The van der Waals surface area contributed by atoms with Gasteiger partial charge in [0.2, 0.25) is 10.0 Å². The molecule has 0 spiro atoms. The van der Waals surface area contributed by atoms with Gasteiger partial charge in [-0.1, -0.05) is 18.0 Å². The predicted octanol–water partition coefficient (Wildman–Crippen LogP) is 2.46. The van der Waals surface area contributed by atoms with Crippen LogP contribution in [-0.2, 0) is 10.0 Å². The van der Waals surface area contributed by atoms with Crippen molar-refractivity contribution < 1.29 is 8.42 Å². The third-order valence-corrected chi connectivity index (χ3v) is 5.51. The molecule has 2 heterocycles. The van der Waals surface area contributed by atoms with E-state index in [0.29, 0.717) is 29.3 Å². The number of aromatic nitrogens is 2. The van der Waals surface area contributed by atoms with Crippen molar-refractivity contribution in [2.45, 2.75) is 24.2 Å². The van der Waals surface area contributed by atoms with E-state index in [1.165, 1.54) is 6.20 Å². The molecule has 1 saturated heterocycles. The van der Waals surface area contributed by atoms with Crippen LogP contribution in [-0.4, -0.2) is 35.8 Å². The second-order valence-corrected chi connectivity index (χ2v) is 7.13. The van der Waals surface area contributed by atoms with Crippen LogP contribution >= 0.6 is 11.6 Å². The lowest BCUT2D eigenvalue weighted by Gasteiger charge is -2.25. The Labute approximate surface area is 122 Å². The summed E-state index contributed by atoms with van der Waals surface area (Å²) in [6.45, 7) is 1.18. The number of halogens is 1. The van der Waals surface area contributed by atoms with Gasteiger partial charge >= 0.3 is 0 Å². The van der Waals surface area contributed by atoms with Gasteiger partial charge in [-0.2, -0.15) is 4.31 Å². The third kappa shape index (κ3) is 2.51. The number of benzene rings is 1. The van der Waals surface area contributed by atoms with E-state index in [-0.39, 0.29) is 4.90 Å². The highest BCUT2D eigenvalue weighted by Gasteiger charge is 2.26. The van der Waals surface area contributed by atoms with Crippen LogP contribution in [0.2, 0.25) is 5.15 Å². The van der Waals surface area contributed by atoms with Crippen molar-refractivity contribution in [3.63, 3.8) is 0 Å². The zero-order valence-electron chi connectivity index (χ0n) is 10.8. The minimum absolute atomic E-state index is 0.267. The lowest BCUT2D eigenvalue weighted by Crippen LogP contribution is -2.35. The van der Waals surface area contributed by atoms with E-state index < -0.39 is 10.0 Å². The molecule has 3 rings (SSSR count). The molecule has 20 heavy (non-hydrogen) atoms. The summed E-state index contributed by atoms with van der Waals surface area (Å²) in [6.07, 6.45) is 4.35. The Hall–Kier alpha value is -1.24. The normalized spacial score (nSPS) is 17.4. The fourth-order valence-electron chi connectivity index (χ4n) is 2.38. The molecule has 1 aromatic heterocycles. The Balaban J connectivity index is 2.02. The molecule has 0 atom stereocenters. The number of piperidine rings is 1. The summed E-state index contributed by atoms with van der Waals surface area (Å²) in [6, 6.07) is 4.77. The molecule has 0 N–H and O–H groups in total. The van der Waals surface area contributed by atoms with Crippen molar-refractivity contribution in [3.05, 3.63) is 29.5 Å². The standard InChI is InChI=1S/C13H14ClN3O2S/c14-13-9-15-12-8-10(4-5-11(12)16-13)20(18,19)17-6-2-1-3-7-17/h4-5,8-9H,1-3,6-7H2. The molecule has 0 saturated carbocycles. The largest absolute Gasteiger partial charge is 0.251 e. The van der Waals surface area contributed by atoms with Gasteiger partial charge in [0.05, 0.1) is 22.1 Å². The number of sulfonamides is 1. The predicted molar refractivity (Wildman–Crippen MR) is 77.2 cm³/mol. The molecular weight excluding hydrogens is 298 g/mol. The van der Waals surface area contributed by atoms with Crippen molar-refractivity contribution in [3.8, 4) is 0 Å². The van der Waals surface area contributed by atoms with Crippen molar-refractivity contribution in [2.75, 3.05) is 13.1 Å². The average molecular weight is 312 g/mol. The number of hydrogen-bond donors (Lipinski definition) is 0. The molecule has 7 heteroatoms. The second-order valence-electron chi connectivity index (χ2n) is 4.81. The van der Waals surface area contributed by atoms with Gasteiger partial charge in [-0.3, -0.25) is 4.98 Å². The Morgan fingerprint density at radius 2 is 1.85 bits per heavy atom. The van der Waals surface area contributed by atoms with Crippen molar-refractivity contribution >= 4 is 32.7 Å². The van der Waals surface area contributed by atoms with E-state index in [2.05, 4.69) is 9.97 Å². The van der Waals surface area contributed by atoms with Crippen LogP contribution in [0.5, 0.6) is 0 Å². The fraction of sp³-hybridized carbons (Fsp3) is 0.385. The molecule has 0 unspecified atom stereocenters. The van der Waals surface area contributed by atoms with E-state index in [1.807, 2.05) is 0 Å². The molecule has 0 radical (unpaired) electrons. The molecule has 1 fully saturated rings. The van der Waals surface area contributed by atoms with Crippen LogP contribution in [0.4, 0.5) is 0 Å². The topological polar surface area (TPSA) is 63.2 Å². The highest BCUT2D eigenvalue weighted by molar-refractivity contribution is 7.89. The minimum atomic E-state index is -3.43. The Kier molecular flexibility index (Phi) is 3.62. The van der Waals surface area contributed by atoms with Crippen LogP contribution in [0.15, 0.2) is 29.3 Å². The number of rotatable bonds is 2. The summed E-state index contributed by atoms with van der Waals surface area (Å²) in [7, 11) is -3.43. The van der Waals surface area contributed by atoms with E-state index >= 15 is 0 Å². The Morgan fingerprint density at radius 1 is 1.10 bits per heavy atom. The van der Waals surface area contributed by atoms with E-state index in [4.69, 9.17) is 11.6 Å². The first-order valence-electron chi connectivity index (χ1n) is 6.50. The molecular formula is C13H14ClN3O2S. The third-order valence-electron chi connectivity index (χ3n) is 3.44. The summed E-state index contributed by atoms with van der Waals surface area (Å²) >= 11 is 5.77. The van der Waals surface area contributed by atoms with Crippen LogP contribution < -0.4 is 0 Å². The van der Waals surface area contributed by atoms with Crippen LogP contribution in [0, 0.1) is 0 Å². The Bertz CT molecular complexity index is 742. The summed E-state index contributed by atoms with van der Waals surface area (Å²) in [5, 5.41) is 0.295. The minimum Gasteiger partial charge on any atom is -0.251 e. The van der Waals surface area contributed by atoms with Crippen LogP contribution in [0.25, 0.3) is 11.0 Å². The monoisotopic (exact) mass is 311 g/mol. The number of fused-ring (bicyclic) bond motifs is 1. The summed E-state index contributed by atoms with van der Waals surface area (Å²) in [4.78, 5) is 8.50. The smallest absolute Gasteiger partial charge is 0.243 e. The highest BCUT2D eigenvalue weighted by Crippen LogP contribution is 2.23. The van der Waals surface area contributed by atoms with Gasteiger partial charge in [0.25, 0.3) is 0 Å². The van der Waals surface area contributed by atoms with Gasteiger partial charge in [-0.15, -0.1) is 0 Å². The highest BCUT2D eigenvalue weighted by atomic mass is 35.5. The summed E-state index contributed by atoms with van der Waals surface area (Å²) < 4.78 is 26.6. The first kappa shape index (κ1) is 13.7. The van der Waals surface area contributed by atoms with Crippen molar-refractivity contribution in [1.82, 2.24) is 14.3 Å². The number of nitrogens with zero attached hydrogens (tertiary/aromatic N) is 3. The van der Waals surface area contributed by atoms with Crippen LogP contribution in [0.3, 0.4) is 0 Å². The first-order chi connectivity index (χ1) is 9.57. The zero-order chi connectivity index (χ0) is 14.2. The fourth-order valence-corrected chi connectivity index (χ4v) is 4.06. The van der Waals surface area contributed by atoms with Gasteiger partial charge in [0.15, 0.2) is 0 Å². The molecule has 106 valence electrons. The second kappa shape index (κ2) is 5.27. The SMILES string of the molecule is O=S(=O)(c1ccc2nc(Cl)cnc2c1)N1CCCCC1. The van der Waals surface area contributed by atoms with Crippen LogP contribution in [0.1, 0.15) is 19.3 Å².